The largest absolute Gasteiger partial charge is 0.364 e. The fourth-order valence-electron chi connectivity index (χ4n) is 1.43. The van der Waals surface area contributed by atoms with Gasteiger partial charge in [0.2, 0.25) is 5.91 Å². The van der Waals surface area contributed by atoms with Gasteiger partial charge in [0, 0.05) is 20.1 Å². The van der Waals surface area contributed by atoms with Crippen LogP contribution in [0.25, 0.3) is 0 Å². The lowest BCUT2D eigenvalue weighted by atomic mass is 10.3. The highest BCUT2D eigenvalue weighted by Gasteiger charge is 2.28. The van der Waals surface area contributed by atoms with E-state index in [1.165, 1.54) is 11.8 Å². The van der Waals surface area contributed by atoms with Gasteiger partial charge in [-0.1, -0.05) is 24.0 Å². The van der Waals surface area contributed by atoms with Crippen molar-refractivity contribution in [1.82, 2.24) is 10.2 Å². The van der Waals surface area contributed by atoms with Crippen LogP contribution >= 0.6 is 24.0 Å². The molecule has 0 aromatic heterocycles. The number of nitrogens with zero attached hydrogens (tertiary/aromatic N) is 1. The van der Waals surface area contributed by atoms with Gasteiger partial charge in [-0.25, -0.2) is 8.42 Å². The van der Waals surface area contributed by atoms with Gasteiger partial charge in [-0.15, -0.1) is 0 Å². The predicted octanol–water partition coefficient (Wildman–Crippen LogP) is -0.131. The van der Waals surface area contributed by atoms with Crippen LogP contribution in [0.1, 0.15) is 6.42 Å². The average molecular weight is 296 g/mol. The first-order valence-electron chi connectivity index (χ1n) is 5.14. The van der Waals surface area contributed by atoms with Gasteiger partial charge >= 0.3 is 0 Å². The van der Waals surface area contributed by atoms with E-state index in [9.17, 15) is 13.2 Å². The van der Waals surface area contributed by atoms with Crippen LogP contribution in [0.4, 0.5) is 0 Å². The van der Waals surface area contributed by atoms with Crippen molar-refractivity contribution in [1.29, 1.82) is 0 Å². The van der Waals surface area contributed by atoms with Crippen LogP contribution in [0.5, 0.6) is 0 Å². The lowest BCUT2D eigenvalue weighted by Crippen LogP contribution is -2.37. The van der Waals surface area contributed by atoms with Crippen LogP contribution in [-0.4, -0.2) is 60.9 Å². The highest BCUT2D eigenvalue weighted by atomic mass is 32.2. The van der Waals surface area contributed by atoms with E-state index in [0.717, 1.165) is 0 Å². The molecule has 1 aliphatic heterocycles. The monoisotopic (exact) mass is 296 g/mol. The number of rotatable bonds is 3. The Morgan fingerprint density at radius 1 is 1.53 bits per heavy atom. The maximum atomic E-state index is 11.5. The van der Waals surface area contributed by atoms with Crippen molar-refractivity contribution in [3.63, 3.8) is 0 Å². The van der Waals surface area contributed by atoms with Gasteiger partial charge in [-0.05, 0) is 6.42 Å². The third-order valence-electron chi connectivity index (χ3n) is 2.29. The number of amides is 1. The van der Waals surface area contributed by atoms with Crippen molar-refractivity contribution in [2.45, 2.75) is 12.5 Å². The molecule has 0 bridgehead atoms. The lowest BCUT2D eigenvalue weighted by Gasteiger charge is -2.14. The van der Waals surface area contributed by atoms with E-state index >= 15 is 0 Å². The summed E-state index contributed by atoms with van der Waals surface area (Å²) < 4.78 is 23.0. The second-order valence-electron chi connectivity index (χ2n) is 4.12. The summed E-state index contributed by atoms with van der Waals surface area (Å²) in [5, 5.41) is 2.71. The average Bonchev–Trinajstić information content (AvgIpc) is 2.54. The lowest BCUT2D eigenvalue weighted by molar-refractivity contribution is -0.119. The molecule has 0 aromatic carbocycles. The molecule has 0 unspecified atom stereocenters. The molecule has 1 N–H and O–H groups in total. The molecule has 98 valence electrons. The van der Waals surface area contributed by atoms with Gasteiger partial charge in [0.15, 0.2) is 9.84 Å². The number of hydrogen-bond donors (Lipinski definition) is 1. The summed E-state index contributed by atoms with van der Waals surface area (Å²) in [5.41, 5.74) is 0. The fraction of sp³-hybridized carbons (Fsp3) is 0.778. The highest BCUT2D eigenvalue weighted by Crippen LogP contribution is 2.12. The van der Waals surface area contributed by atoms with Crippen molar-refractivity contribution >= 4 is 44.0 Å². The summed E-state index contributed by atoms with van der Waals surface area (Å²) in [7, 11) is 0.691. The molecule has 0 spiro atoms. The maximum Gasteiger partial charge on any atom is 0.230 e. The van der Waals surface area contributed by atoms with E-state index < -0.39 is 9.84 Å². The molecular formula is C9H16N2O3S3. The third-order valence-corrected chi connectivity index (χ3v) is 5.79. The SMILES string of the molecule is CN(C)C(=S)SCC(=O)N[C@H]1CCS(=O)(=O)C1. The molecule has 17 heavy (non-hydrogen) atoms. The van der Waals surface area contributed by atoms with Crippen molar-refractivity contribution in [2.75, 3.05) is 31.4 Å². The second-order valence-corrected chi connectivity index (χ2v) is 7.95. The molecule has 5 nitrogen and oxygen atoms in total. The predicted molar refractivity (Wildman–Crippen MR) is 73.9 cm³/mol. The molecule has 0 saturated carbocycles. The molecule has 1 rings (SSSR count). The summed E-state index contributed by atoms with van der Waals surface area (Å²) >= 11 is 6.30. The van der Waals surface area contributed by atoms with E-state index in [4.69, 9.17) is 12.2 Å². The minimum Gasteiger partial charge on any atom is -0.364 e. The summed E-state index contributed by atoms with van der Waals surface area (Å²) in [4.78, 5) is 13.3. The van der Waals surface area contributed by atoms with Gasteiger partial charge in [-0.3, -0.25) is 4.79 Å². The molecule has 1 fully saturated rings. The van der Waals surface area contributed by atoms with Crippen LogP contribution in [0.3, 0.4) is 0 Å². The Morgan fingerprint density at radius 2 is 2.18 bits per heavy atom. The van der Waals surface area contributed by atoms with E-state index in [2.05, 4.69) is 5.32 Å². The number of carbonyl (C=O) groups excluding carboxylic acids is 1. The standard InChI is InChI=1S/C9H16N2O3S3/c1-11(2)9(15)16-5-8(12)10-7-3-4-17(13,14)6-7/h7H,3-6H2,1-2H3,(H,10,12)/t7-/m0/s1. The van der Waals surface area contributed by atoms with Gasteiger partial charge in [0.1, 0.15) is 4.32 Å². The van der Waals surface area contributed by atoms with Crippen molar-refractivity contribution in [3.05, 3.63) is 0 Å². The molecule has 1 amide bonds. The number of thioether (sulfide) groups is 1. The first kappa shape index (κ1) is 14.7. The van der Waals surface area contributed by atoms with Crippen molar-refractivity contribution in [2.24, 2.45) is 0 Å². The number of carbonyl (C=O) groups is 1. The highest BCUT2D eigenvalue weighted by molar-refractivity contribution is 8.23. The molecule has 0 radical (unpaired) electrons. The number of hydrogen-bond acceptors (Lipinski definition) is 5. The smallest absolute Gasteiger partial charge is 0.230 e. The van der Waals surface area contributed by atoms with Crippen LogP contribution in [0.15, 0.2) is 0 Å². The Bertz CT molecular complexity index is 406. The van der Waals surface area contributed by atoms with E-state index in [1.54, 1.807) is 4.90 Å². The molecule has 1 atom stereocenters. The number of sulfone groups is 1. The van der Waals surface area contributed by atoms with Crippen LogP contribution < -0.4 is 5.32 Å². The zero-order chi connectivity index (χ0) is 13.1. The topological polar surface area (TPSA) is 66.5 Å². The quantitative estimate of drug-likeness (QED) is 0.732. The van der Waals surface area contributed by atoms with Gasteiger partial charge < -0.3 is 10.2 Å². The van der Waals surface area contributed by atoms with Crippen molar-refractivity contribution < 1.29 is 13.2 Å². The summed E-state index contributed by atoms with van der Waals surface area (Å²) in [5.74, 6) is 0.289. The van der Waals surface area contributed by atoms with E-state index in [1.807, 2.05) is 14.1 Å². The number of nitrogens with one attached hydrogen (secondary N) is 1. The molecule has 8 heteroatoms. The molecule has 0 aromatic rings. The van der Waals surface area contributed by atoms with Gasteiger partial charge in [0.05, 0.1) is 17.3 Å². The fourth-order valence-corrected chi connectivity index (χ4v) is 3.88. The Hall–Kier alpha value is -0.340. The molecule has 1 saturated heterocycles. The van der Waals surface area contributed by atoms with Gasteiger partial charge in [0.25, 0.3) is 0 Å². The third kappa shape index (κ3) is 5.22. The normalized spacial score (nSPS) is 22.1. The zero-order valence-corrected chi connectivity index (χ0v) is 12.3. The van der Waals surface area contributed by atoms with E-state index in [0.29, 0.717) is 10.7 Å². The van der Waals surface area contributed by atoms with Gasteiger partial charge in [-0.2, -0.15) is 0 Å². The zero-order valence-electron chi connectivity index (χ0n) is 9.80. The Kier molecular flexibility index (Phi) is 5.21. The Balaban J connectivity index is 2.29. The molecule has 1 aliphatic rings. The summed E-state index contributed by atoms with van der Waals surface area (Å²) in [6.45, 7) is 0. The molecule has 1 heterocycles. The first-order chi connectivity index (χ1) is 7.80. The Labute approximate surface area is 111 Å². The van der Waals surface area contributed by atoms with Crippen LogP contribution in [0, 0.1) is 0 Å². The number of thiocarbonyl (C=S) groups is 1. The van der Waals surface area contributed by atoms with Crippen LogP contribution in [-0.2, 0) is 14.6 Å². The van der Waals surface area contributed by atoms with Crippen molar-refractivity contribution in [3.8, 4) is 0 Å². The molecule has 0 aliphatic carbocycles. The summed E-state index contributed by atoms with van der Waals surface area (Å²) in [6.07, 6.45) is 0.511. The van der Waals surface area contributed by atoms with Crippen LogP contribution in [0.2, 0.25) is 0 Å². The first-order valence-corrected chi connectivity index (χ1v) is 8.35. The summed E-state index contributed by atoms with van der Waals surface area (Å²) in [6, 6.07) is -0.235. The maximum absolute atomic E-state index is 11.5. The Morgan fingerprint density at radius 3 is 2.65 bits per heavy atom. The minimum absolute atomic E-state index is 0.0571. The van der Waals surface area contributed by atoms with E-state index in [-0.39, 0.29) is 29.2 Å². The minimum atomic E-state index is -2.94. The second kappa shape index (κ2) is 6.01. The molecular weight excluding hydrogens is 280 g/mol.